The summed E-state index contributed by atoms with van der Waals surface area (Å²) in [5.74, 6) is 0.115. The smallest absolute Gasteiger partial charge is 0.261 e. The van der Waals surface area contributed by atoms with E-state index in [2.05, 4.69) is 15.0 Å². The second-order valence-corrected chi connectivity index (χ2v) is 9.99. The van der Waals surface area contributed by atoms with Gasteiger partial charge in [-0.25, -0.2) is 13.4 Å². The lowest BCUT2D eigenvalue weighted by Crippen LogP contribution is -2.15. The maximum absolute atomic E-state index is 12.8. The molecule has 0 unspecified atom stereocenters. The predicted octanol–water partition coefficient (Wildman–Crippen LogP) is 5.32. The van der Waals surface area contributed by atoms with Crippen LogP contribution in [0, 0.1) is 6.92 Å². The minimum absolute atomic E-state index is 0.137. The number of nitrogens with one attached hydrogen (secondary N) is 2. The minimum atomic E-state index is -3.78. The lowest BCUT2D eigenvalue weighted by atomic mass is 10.2. The number of methoxy groups -OCH3 is 1. The van der Waals surface area contributed by atoms with Crippen molar-refractivity contribution < 1.29 is 17.9 Å². The third kappa shape index (κ3) is 4.55. The average molecular weight is 488 g/mol. The number of hydrogen-bond donors (Lipinski definition) is 2. The molecular formula is C22H18ClN3O4S2. The van der Waals surface area contributed by atoms with Crippen LogP contribution in [0.1, 0.15) is 15.9 Å². The number of carbonyl (C=O) groups excluding carboxylic acids is 1. The van der Waals surface area contributed by atoms with Gasteiger partial charge in [0, 0.05) is 11.3 Å². The number of halogens is 1. The zero-order chi connectivity index (χ0) is 22.9. The summed E-state index contributed by atoms with van der Waals surface area (Å²) >= 11 is 7.45. The molecule has 0 saturated heterocycles. The standard InChI is InChI=1S/C22H18ClN3O4S2/c1-13-6-8-16(9-7-13)32(28,29)26-15-5-3-4-14(12-15)21(27)25-22-24-19-18(30-2)11-10-17(23)20(19)31-22/h3-12,26H,1-2H3,(H,24,25,27). The van der Waals surface area contributed by atoms with Crippen molar-refractivity contribution in [2.75, 3.05) is 17.1 Å². The highest BCUT2D eigenvalue weighted by Gasteiger charge is 2.17. The Morgan fingerprint density at radius 3 is 2.56 bits per heavy atom. The van der Waals surface area contributed by atoms with E-state index in [0.717, 1.165) is 5.56 Å². The van der Waals surface area contributed by atoms with Gasteiger partial charge in [-0.15, -0.1) is 0 Å². The summed E-state index contributed by atoms with van der Waals surface area (Å²) in [6, 6.07) is 16.1. The van der Waals surface area contributed by atoms with Crippen molar-refractivity contribution in [1.82, 2.24) is 4.98 Å². The molecule has 0 atom stereocenters. The molecule has 4 aromatic rings. The van der Waals surface area contributed by atoms with Crippen LogP contribution in [0.3, 0.4) is 0 Å². The van der Waals surface area contributed by atoms with Crippen molar-refractivity contribution in [2.24, 2.45) is 0 Å². The minimum Gasteiger partial charge on any atom is -0.494 e. The Labute approximate surface area is 194 Å². The second-order valence-electron chi connectivity index (χ2n) is 6.90. The molecule has 10 heteroatoms. The van der Waals surface area contributed by atoms with Gasteiger partial charge in [-0.3, -0.25) is 14.8 Å². The number of ether oxygens (including phenoxy) is 1. The molecule has 0 spiro atoms. The normalized spacial score (nSPS) is 11.3. The number of aromatic nitrogens is 1. The van der Waals surface area contributed by atoms with E-state index in [1.807, 2.05) is 6.92 Å². The van der Waals surface area contributed by atoms with E-state index in [1.54, 1.807) is 42.5 Å². The van der Waals surface area contributed by atoms with E-state index in [1.165, 1.54) is 36.6 Å². The largest absolute Gasteiger partial charge is 0.494 e. The first-order valence-corrected chi connectivity index (χ1v) is 12.1. The number of sulfonamides is 1. The Bertz CT molecular complexity index is 1420. The number of hydrogen-bond acceptors (Lipinski definition) is 6. The van der Waals surface area contributed by atoms with E-state index in [0.29, 0.717) is 26.1 Å². The van der Waals surface area contributed by atoms with Crippen molar-refractivity contribution >= 4 is 59.9 Å². The first-order chi connectivity index (χ1) is 15.3. The molecule has 3 aromatic carbocycles. The van der Waals surface area contributed by atoms with E-state index < -0.39 is 15.9 Å². The molecule has 164 valence electrons. The van der Waals surface area contributed by atoms with Crippen LogP contribution < -0.4 is 14.8 Å². The van der Waals surface area contributed by atoms with Crippen LogP contribution in [-0.2, 0) is 10.0 Å². The van der Waals surface area contributed by atoms with Gasteiger partial charge in [0.2, 0.25) is 0 Å². The molecule has 0 aliphatic rings. The molecule has 0 aliphatic carbocycles. The number of nitrogens with zero attached hydrogens (tertiary/aromatic N) is 1. The Morgan fingerprint density at radius 2 is 1.84 bits per heavy atom. The molecule has 4 rings (SSSR count). The topological polar surface area (TPSA) is 97.4 Å². The lowest BCUT2D eigenvalue weighted by Gasteiger charge is -2.10. The molecule has 1 aromatic heterocycles. The zero-order valence-corrected chi connectivity index (χ0v) is 19.4. The van der Waals surface area contributed by atoms with Crippen molar-refractivity contribution in [2.45, 2.75) is 11.8 Å². The van der Waals surface area contributed by atoms with Crippen LogP contribution in [0.25, 0.3) is 10.2 Å². The molecule has 0 saturated carbocycles. The fourth-order valence-corrected chi connectivity index (χ4v) is 5.20. The first-order valence-electron chi connectivity index (χ1n) is 9.41. The number of fused-ring (bicyclic) bond motifs is 1. The summed E-state index contributed by atoms with van der Waals surface area (Å²) in [6.07, 6.45) is 0. The first kappa shape index (κ1) is 22.1. The molecule has 0 fully saturated rings. The number of thiazole rings is 1. The summed E-state index contributed by atoms with van der Waals surface area (Å²) in [6.45, 7) is 1.88. The van der Waals surface area contributed by atoms with Crippen LogP contribution in [0.5, 0.6) is 5.75 Å². The maximum atomic E-state index is 12.8. The molecule has 0 bridgehead atoms. The van der Waals surface area contributed by atoms with E-state index >= 15 is 0 Å². The predicted molar refractivity (Wildman–Crippen MR) is 128 cm³/mol. The van der Waals surface area contributed by atoms with Crippen LogP contribution in [-0.4, -0.2) is 26.4 Å². The summed E-state index contributed by atoms with van der Waals surface area (Å²) in [5.41, 5.74) is 2.05. The molecule has 1 amide bonds. The number of benzene rings is 3. The van der Waals surface area contributed by atoms with E-state index in [-0.39, 0.29) is 16.1 Å². The fourth-order valence-electron chi connectivity index (χ4n) is 3.00. The summed E-state index contributed by atoms with van der Waals surface area (Å²) < 4.78 is 33.8. The maximum Gasteiger partial charge on any atom is 0.261 e. The highest BCUT2D eigenvalue weighted by Crippen LogP contribution is 2.37. The lowest BCUT2D eigenvalue weighted by molar-refractivity contribution is 0.102. The zero-order valence-electron chi connectivity index (χ0n) is 17.0. The quantitative estimate of drug-likeness (QED) is 0.383. The summed E-state index contributed by atoms with van der Waals surface area (Å²) in [5, 5.41) is 3.59. The van der Waals surface area contributed by atoms with Crippen LogP contribution >= 0.6 is 22.9 Å². The highest BCUT2D eigenvalue weighted by atomic mass is 35.5. The van der Waals surface area contributed by atoms with Gasteiger partial charge in [0.15, 0.2) is 5.13 Å². The monoisotopic (exact) mass is 487 g/mol. The van der Waals surface area contributed by atoms with Gasteiger partial charge in [0.1, 0.15) is 11.3 Å². The van der Waals surface area contributed by atoms with Gasteiger partial charge < -0.3 is 4.74 Å². The van der Waals surface area contributed by atoms with Gasteiger partial charge in [0.05, 0.1) is 21.7 Å². The molecule has 0 radical (unpaired) electrons. The van der Waals surface area contributed by atoms with Crippen LogP contribution in [0.15, 0.2) is 65.6 Å². The van der Waals surface area contributed by atoms with E-state index in [4.69, 9.17) is 16.3 Å². The number of amides is 1. The van der Waals surface area contributed by atoms with Crippen LogP contribution in [0.2, 0.25) is 5.02 Å². The molecule has 32 heavy (non-hydrogen) atoms. The number of aryl methyl sites for hydroxylation is 1. The van der Waals surface area contributed by atoms with Crippen molar-refractivity contribution in [3.63, 3.8) is 0 Å². The van der Waals surface area contributed by atoms with Gasteiger partial charge in [-0.05, 0) is 49.4 Å². The Kier molecular flexibility index (Phi) is 6.05. The Hall–Kier alpha value is -3.14. The van der Waals surface area contributed by atoms with Crippen LogP contribution in [0.4, 0.5) is 10.8 Å². The summed E-state index contributed by atoms with van der Waals surface area (Å²) in [7, 11) is -2.25. The average Bonchev–Trinajstić information content (AvgIpc) is 3.19. The number of anilines is 2. The van der Waals surface area contributed by atoms with Crippen molar-refractivity contribution in [3.8, 4) is 5.75 Å². The number of carbonyl (C=O) groups is 1. The number of rotatable bonds is 6. The van der Waals surface area contributed by atoms with Gasteiger partial charge >= 0.3 is 0 Å². The summed E-state index contributed by atoms with van der Waals surface area (Å²) in [4.78, 5) is 17.3. The second kappa shape index (κ2) is 8.78. The van der Waals surface area contributed by atoms with Gasteiger partial charge in [-0.1, -0.05) is 46.7 Å². The van der Waals surface area contributed by atoms with Gasteiger partial charge in [-0.2, -0.15) is 0 Å². The third-order valence-electron chi connectivity index (χ3n) is 4.61. The Balaban J connectivity index is 1.56. The molecule has 7 nitrogen and oxygen atoms in total. The molecule has 2 N–H and O–H groups in total. The highest BCUT2D eigenvalue weighted by molar-refractivity contribution is 7.92. The SMILES string of the molecule is COc1ccc(Cl)c2sc(NC(=O)c3cccc(NS(=O)(=O)c4ccc(C)cc4)c3)nc12. The van der Waals surface area contributed by atoms with Crippen molar-refractivity contribution in [3.05, 3.63) is 76.8 Å². The molecule has 0 aliphatic heterocycles. The molecular weight excluding hydrogens is 470 g/mol. The third-order valence-corrected chi connectivity index (χ3v) is 7.44. The Morgan fingerprint density at radius 1 is 1.09 bits per heavy atom. The molecule has 1 heterocycles. The van der Waals surface area contributed by atoms with E-state index in [9.17, 15) is 13.2 Å². The van der Waals surface area contributed by atoms with Crippen molar-refractivity contribution in [1.29, 1.82) is 0 Å². The fraction of sp³-hybridized carbons (Fsp3) is 0.0909. The van der Waals surface area contributed by atoms with Gasteiger partial charge in [0.25, 0.3) is 15.9 Å².